The molecule has 2 heterocycles. The Hall–Kier alpha value is -2.21. The van der Waals surface area contributed by atoms with Crippen LogP contribution < -0.4 is 16.0 Å². The first-order valence-corrected chi connectivity index (χ1v) is 8.97. The summed E-state index contributed by atoms with van der Waals surface area (Å²) in [7, 11) is 0. The normalized spacial score (nSPS) is 23.1. The van der Waals surface area contributed by atoms with Crippen molar-refractivity contribution in [2.45, 2.75) is 25.1 Å². The van der Waals surface area contributed by atoms with Gasteiger partial charge in [-0.05, 0) is 66.8 Å². The van der Waals surface area contributed by atoms with Gasteiger partial charge in [0.1, 0.15) is 0 Å². The molecule has 3 N–H and O–H groups in total. The number of nitrogens with one attached hydrogen (secondary N) is 1. The van der Waals surface area contributed by atoms with Gasteiger partial charge in [0.25, 0.3) is 0 Å². The van der Waals surface area contributed by atoms with Crippen molar-refractivity contribution in [1.29, 1.82) is 0 Å². The Bertz CT molecular complexity index is 789. The van der Waals surface area contributed by atoms with Crippen LogP contribution in [0.15, 0.2) is 42.5 Å². The number of nitrogens with zero attached hydrogens (tertiary/aromatic N) is 1. The van der Waals surface area contributed by atoms with E-state index in [4.69, 9.17) is 5.73 Å². The predicted octanol–water partition coefficient (Wildman–Crippen LogP) is 4.14. The maximum Gasteiger partial charge on any atom is 0.416 e. The van der Waals surface area contributed by atoms with Crippen LogP contribution in [0.5, 0.6) is 0 Å². The van der Waals surface area contributed by atoms with E-state index in [0.29, 0.717) is 28.8 Å². The van der Waals surface area contributed by atoms with Crippen LogP contribution in [0.4, 0.5) is 24.5 Å². The zero-order valence-electron chi connectivity index (χ0n) is 14.4. The smallest absolute Gasteiger partial charge is 0.399 e. The molecule has 2 fully saturated rings. The van der Waals surface area contributed by atoms with Crippen LogP contribution in [0.3, 0.4) is 0 Å². The Morgan fingerprint density at radius 2 is 1.88 bits per heavy atom. The molecule has 2 atom stereocenters. The molecule has 138 valence electrons. The SMILES string of the molecule is Nc1cc(-c2cccc(C(F)(F)F)c2)cc(N2C[C@H]3CCCN[C@H]3C2)c1. The van der Waals surface area contributed by atoms with Gasteiger partial charge >= 0.3 is 6.18 Å². The summed E-state index contributed by atoms with van der Waals surface area (Å²) in [5.41, 5.74) is 8.22. The second kappa shape index (κ2) is 6.50. The second-order valence-corrected chi connectivity index (χ2v) is 7.26. The summed E-state index contributed by atoms with van der Waals surface area (Å²) in [5, 5.41) is 3.57. The summed E-state index contributed by atoms with van der Waals surface area (Å²) >= 11 is 0. The van der Waals surface area contributed by atoms with Crippen molar-refractivity contribution in [1.82, 2.24) is 5.32 Å². The molecular formula is C20H22F3N3. The van der Waals surface area contributed by atoms with Gasteiger partial charge in [0.2, 0.25) is 0 Å². The van der Waals surface area contributed by atoms with E-state index in [-0.39, 0.29) is 0 Å². The van der Waals surface area contributed by atoms with Gasteiger partial charge in [-0.3, -0.25) is 0 Å². The average molecular weight is 361 g/mol. The van der Waals surface area contributed by atoms with Crippen molar-refractivity contribution in [2.75, 3.05) is 30.3 Å². The number of fused-ring (bicyclic) bond motifs is 1. The van der Waals surface area contributed by atoms with Gasteiger partial charge in [0.05, 0.1) is 5.56 Å². The number of nitrogens with two attached hydrogens (primary N) is 1. The van der Waals surface area contributed by atoms with Crippen molar-refractivity contribution < 1.29 is 13.2 Å². The van der Waals surface area contributed by atoms with Gasteiger partial charge in [-0.2, -0.15) is 13.2 Å². The molecule has 2 aromatic rings. The Morgan fingerprint density at radius 3 is 2.65 bits per heavy atom. The minimum atomic E-state index is -4.35. The fourth-order valence-corrected chi connectivity index (χ4v) is 4.12. The van der Waals surface area contributed by atoms with E-state index in [1.807, 2.05) is 12.1 Å². The monoisotopic (exact) mass is 361 g/mol. The number of benzene rings is 2. The lowest BCUT2D eigenvalue weighted by Gasteiger charge is -2.24. The summed E-state index contributed by atoms with van der Waals surface area (Å²) in [5.74, 6) is 0.627. The number of alkyl halides is 3. The van der Waals surface area contributed by atoms with Crippen LogP contribution in [0.25, 0.3) is 11.1 Å². The topological polar surface area (TPSA) is 41.3 Å². The minimum absolute atomic E-state index is 0.488. The number of piperidine rings is 1. The highest BCUT2D eigenvalue weighted by molar-refractivity contribution is 5.74. The molecule has 2 aliphatic rings. The molecular weight excluding hydrogens is 339 g/mol. The first kappa shape index (κ1) is 17.2. The third kappa shape index (κ3) is 3.38. The standard InChI is InChI=1S/C20H22F3N3/c21-20(22,23)16-5-1-3-13(7-16)15-8-17(24)10-18(9-15)26-11-14-4-2-6-25-19(14)12-26/h1,3,5,7-10,14,19,25H,2,4,6,11-12,24H2/t14-,19+/m1/s1. The Morgan fingerprint density at radius 1 is 1.04 bits per heavy atom. The summed E-state index contributed by atoms with van der Waals surface area (Å²) < 4.78 is 39.1. The van der Waals surface area contributed by atoms with Crippen molar-refractivity contribution in [3.8, 4) is 11.1 Å². The van der Waals surface area contributed by atoms with Crippen LogP contribution in [0.2, 0.25) is 0 Å². The average Bonchev–Trinajstić information content (AvgIpc) is 3.05. The second-order valence-electron chi connectivity index (χ2n) is 7.26. The maximum absolute atomic E-state index is 13.0. The van der Waals surface area contributed by atoms with Crippen LogP contribution in [-0.4, -0.2) is 25.7 Å². The number of nitrogen functional groups attached to an aromatic ring is 1. The van der Waals surface area contributed by atoms with Crippen LogP contribution in [0, 0.1) is 5.92 Å². The molecule has 26 heavy (non-hydrogen) atoms. The van der Waals surface area contributed by atoms with Gasteiger partial charge in [-0.25, -0.2) is 0 Å². The molecule has 2 aromatic carbocycles. The molecule has 2 aliphatic heterocycles. The number of halogens is 3. The van der Waals surface area contributed by atoms with E-state index >= 15 is 0 Å². The molecule has 0 saturated carbocycles. The fraction of sp³-hybridized carbons (Fsp3) is 0.400. The highest BCUT2D eigenvalue weighted by atomic mass is 19.4. The van der Waals surface area contributed by atoms with E-state index in [0.717, 1.165) is 31.4 Å². The lowest BCUT2D eigenvalue weighted by atomic mass is 9.94. The van der Waals surface area contributed by atoms with Gasteiger partial charge in [-0.1, -0.05) is 12.1 Å². The highest BCUT2D eigenvalue weighted by Gasteiger charge is 2.34. The van der Waals surface area contributed by atoms with Crippen LogP contribution in [-0.2, 0) is 6.18 Å². The third-order valence-electron chi connectivity index (χ3n) is 5.43. The largest absolute Gasteiger partial charge is 0.416 e. The first-order chi connectivity index (χ1) is 12.4. The molecule has 6 heteroatoms. The Balaban J connectivity index is 1.65. The Labute approximate surface area is 151 Å². The van der Waals surface area contributed by atoms with Gasteiger partial charge in [0, 0.05) is 30.5 Å². The zero-order valence-corrected chi connectivity index (χ0v) is 14.4. The summed E-state index contributed by atoms with van der Waals surface area (Å²) in [4.78, 5) is 2.29. The molecule has 0 amide bonds. The molecule has 2 saturated heterocycles. The summed E-state index contributed by atoms with van der Waals surface area (Å²) in [6.07, 6.45) is -1.94. The van der Waals surface area contributed by atoms with Crippen molar-refractivity contribution >= 4 is 11.4 Å². The van der Waals surface area contributed by atoms with E-state index in [9.17, 15) is 13.2 Å². The molecule has 0 radical (unpaired) electrons. The molecule has 0 aromatic heterocycles. The number of hydrogen-bond acceptors (Lipinski definition) is 3. The van der Waals surface area contributed by atoms with E-state index in [1.54, 1.807) is 12.1 Å². The molecule has 0 unspecified atom stereocenters. The number of anilines is 2. The highest BCUT2D eigenvalue weighted by Crippen LogP contribution is 2.36. The zero-order chi connectivity index (χ0) is 18.3. The molecule has 4 rings (SSSR count). The first-order valence-electron chi connectivity index (χ1n) is 8.97. The van der Waals surface area contributed by atoms with E-state index in [1.165, 1.54) is 25.0 Å². The third-order valence-corrected chi connectivity index (χ3v) is 5.43. The van der Waals surface area contributed by atoms with Gasteiger partial charge in [-0.15, -0.1) is 0 Å². The maximum atomic E-state index is 13.0. The predicted molar refractivity (Wildman–Crippen MR) is 98.0 cm³/mol. The number of rotatable bonds is 2. The Kier molecular flexibility index (Phi) is 4.31. The van der Waals surface area contributed by atoms with Crippen molar-refractivity contribution in [3.05, 3.63) is 48.0 Å². The van der Waals surface area contributed by atoms with E-state index < -0.39 is 11.7 Å². The molecule has 0 spiro atoms. The molecule has 0 aliphatic carbocycles. The summed E-state index contributed by atoms with van der Waals surface area (Å²) in [6.45, 7) is 2.93. The lowest BCUT2D eigenvalue weighted by molar-refractivity contribution is -0.137. The van der Waals surface area contributed by atoms with Crippen molar-refractivity contribution in [3.63, 3.8) is 0 Å². The lowest BCUT2D eigenvalue weighted by Crippen LogP contribution is -2.40. The van der Waals surface area contributed by atoms with Crippen LogP contribution in [0.1, 0.15) is 18.4 Å². The van der Waals surface area contributed by atoms with Crippen LogP contribution >= 0.6 is 0 Å². The van der Waals surface area contributed by atoms with Gasteiger partial charge in [0.15, 0.2) is 0 Å². The molecule has 3 nitrogen and oxygen atoms in total. The minimum Gasteiger partial charge on any atom is -0.399 e. The van der Waals surface area contributed by atoms with Crippen molar-refractivity contribution in [2.24, 2.45) is 5.92 Å². The summed E-state index contributed by atoms with van der Waals surface area (Å²) in [6, 6.07) is 11.5. The van der Waals surface area contributed by atoms with E-state index in [2.05, 4.69) is 10.2 Å². The fourth-order valence-electron chi connectivity index (χ4n) is 4.12. The quantitative estimate of drug-likeness (QED) is 0.790. The molecule has 0 bridgehead atoms. The van der Waals surface area contributed by atoms with Gasteiger partial charge < -0.3 is 16.0 Å². The number of hydrogen-bond donors (Lipinski definition) is 2.